The highest BCUT2D eigenvalue weighted by Gasteiger charge is 2.03. The molecule has 1 heterocycles. The lowest BCUT2D eigenvalue weighted by Gasteiger charge is -2.03. The maximum absolute atomic E-state index is 9.29. The van der Waals surface area contributed by atoms with E-state index < -0.39 is 0 Å². The lowest BCUT2D eigenvalue weighted by atomic mass is 10.1. The zero-order valence-corrected chi connectivity index (χ0v) is 7.88. The summed E-state index contributed by atoms with van der Waals surface area (Å²) in [5, 5.41) is 16.9. The number of nitrogen functional groups attached to an aromatic ring is 2. The molecule has 0 aliphatic rings. The molecular formula is C10H10N4O. The summed E-state index contributed by atoms with van der Waals surface area (Å²) in [4.78, 5) is 0. The molecule has 0 radical (unpaired) electrons. The maximum atomic E-state index is 9.29. The minimum absolute atomic E-state index is 0.171. The van der Waals surface area contributed by atoms with Crippen LogP contribution in [0.25, 0.3) is 11.3 Å². The molecule has 1 aromatic carbocycles. The predicted molar refractivity (Wildman–Crippen MR) is 58.0 cm³/mol. The molecule has 76 valence electrons. The average molecular weight is 202 g/mol. The van der Waals surface area contributed by atoms with Gasteiger partial charge in [0.05, 0.1) is 11.4 Å². The van der Waals surface area contributed by atoms with Crippen LogP contribution in [0.5, 0.6) is 5.75 Å². The van der Waals surface area contributed by atoms with Gasteiger partial charge >= 0.3 is 0 Å². The largest absolute Gasteiger partial charge is 0.508 e. The van der Waals surface area contributed by atoms with E-state index in [0.717, 1.165) is 5.56 Å². The van der Waals surface area contributed by atoms with Gasteiger partial charge in [-0.15, -0.1) is 10.2 Å². The molecule has 0 unspecified atom stereocenters. The van der Waals surface area contributed by atoms with E-state index in [4.69, 9.17) is 11.5 Å². The third kappa shape index (κ3) is 1.80. The van der Waals surface area contributed by atoms with Crippen molar-refractivity contribution in [2.45, 2.75) is 0 Å². The van der Waals surface area contributed by atoms with Gasteiger partial charge in [-0.05, 0) is 18.2 Å². The summed E-state index contributed by atoms with van der Waals surface area (Å²) in [5.74, 6) is 0.378. The first kappa shape index (κ1) is 9.26. The predicted octanol–water partition coefficient (Wildman–Crippen LogP) is 1.01. The molecule has 2 aromatic rings. The molecule has 5 N–H and O–H groups in total. The molecule has 0 aliphatic carbocycles. The van der Waals surface area contributed by atoms with Crippen molar-refractivity contribution in [1.82, 2.24) is 10.2 Å². The molecule has 1 aromatic heterocycles. The Kier molecular flexibility index (Phi) is 2.13. The summed E-state index contributed by atoms with van der Waals surface area (Å²) in [6, 6.07) is 8.31. The van der Waals surface area contributed by atoms with Crippen LogP contribution in [0, 0.1) is 0 Å². The van der Waals surface area contributed by atoms with E-state index in [9.17, 15) is 5.11 Å². The molecule has 5 nitrogen and oxygen atoms in total. The van der Waals surface area contributed by atoms with Crippen molar-refractivity contribution in [2.75, 3.05) is 11.5 Å². The molecule has 0 atom stereocenters. The molecule has 0 aliphatic heterocycles. The first-order valence-corrected chi connectivity index (χ1v) is 4.35. The fraction of sp³-hybridized carbons (Fsp3) is 0. The molecular weight excluding hydrogens is 192 g/mol. The van der Waals surface area contributed by atoms with E-state index >= 15 is 0 Å². The number of hydrogen-bond acceptors (Lipinski definition) is 5. The minimum atomic E-state index is 0.171. The van der Waals surface area contributed by atoms with Crippen LogP contribution >= 0.6 is 0 Å². The number of benzene rings is 1. The standard InChI is InChI=1S/C10H10N4O/c11-8-5-9(13-14-10(8)12)6-2-1-3-7(15)4-6/h1-5,15H,(H2,11,13)(H2,12,14). The molecule has 0 spiro atoms. The zero-order chi connectivity index (χ0) is 10.8. The highest BCUT2D eigenvalue weighted by molar-refractivity contribution is 5.68. The van der Waals surface area contributed by atoms with Crippen molar-refractivity contribution < 1.29 is 5.11 Å². The maximum Gasteiger partial charge on any atom is 0.169 e. The number of phenolic OH excluding ortho intramolecular Hbond substituents is 1. The number of hydrogen-bond donors (Lipinski definition) is 3. The number of aromatic nitrogens is 2. The number of nitrogens with two attached hydrogens (primary N) is 2. The molecule has 5 heteroatoms. The highest BCUT2D eigenvalue weighted by atomic mass is 16.3. The third-order valence-electron chi connectivity index (χ3n) is 2.00. The van der Waals surface area contributed by atoms with Gasteiger partial charge in [-0.2, -0.15) is 0 Å². The smallest absolute Gasteiger partial charge is 0.169 e. The van der Waals surface area contributed by atoms with Crippen molar-refractivity contribution in [1.29, 1.82) is 0 Å². The van der Waals surface area contributed by atoms with Crippen molar-refractivity contribution in [3.63, 3.8) is 0 Å². The van der Waals surface area contributed by atoms with E-state index in [0.29, 0.717) is 11.4 Å². The second-order valence-corrected chi connectivity index (χ2v) is 3.12. The lowest BCUT2D eigenvalue weighted by molar-refractivity contribution is 0.475. The van der Waals surface area contributed by atoms with Gasteiger partial charge in [-0.25, -0.2) is 0 Å². The van der Waals surface area contributed by atoms with Gasteiger partial charge in [0.15, 0.2) is 5.82 Å². The van der Waals surface area contributed by atoms with Crippen LogP contribution in [0.1, 0.15) is 0 Å². The van der Waals surface area contributed by atoms with Crippen molar-refractivity contribution in [2.24, 2.45) is 0 Å². The number of anilines is 2. The zero-order valence-electron chi connectivity index (χ0n) is 7.88. The van der Waals surface area contributed by atoms with Gasteiger partial charge in [0.25, 0.3) is 0 Å². The van der Waals surface area contributed by atoms with Crippen molar-refractivity contribution in [3.05, 3.63) is 30.3 Å². The Morgan fingerprint density at radius 1 is 1.07 bits per heavy atom. The Morgan fingerprint density at radius 3 is 2.53 bits per heavy atom. The summed E-state index contributed by atoms with van der Waals surface area (Å²) in [5.41, 5.74) is 12.8. The van der Waals surface area contributed by atoms with Crippen molar-refractivity contribution in [3.8, 4) is 17.0 Å². The van der Waals surface area contributed by atoms with E-state index in [2.05, 4.69) is 10.2 Å². The van der Waals surface area contributed by atoms with Crippen LogP contribution < -0.4 is 11.5 Å². The van der Waals surface area contributed by atoms with E-state index in [1.807, 2.05) is 0 Å². The summed E-state index contributed by atoms with van der Waals surface area (Å²) < 4.78 is 0. The van der Waals surface area contributed by atoms with Gasteiger partial charge in [-0.1, -0.05) is 12.1 Å². The number of aromatic hydroxyl groups is 1. The van der Waals surface area contributed by atoms with Crippen LogP contribution in [0.2, 0.25) is 0 Å². The summed E-state index contributed by atoms with van der Waals surface area (Å²) in [6.07, 6.45) is 0. The van der Waals surface area contributed by atoms with Gasteiger partial charge in [0.2, 0.25) is 0 Å². The summed E-state index contributed by atoms with van der Waals surface area (Å²) in [6.45, 7) is 0. The molecule has 2 rings (SSSR count). The molecule has 0 amide bonds. The Hall–Kier alpha value is -2.30. The topological polar surface area (TPSA) is 98.0 Å². The van der Waals surface area contributed by atoms with Gasteiger partial charge < -0.3 is 16.6 Å². The third-order valence-corrected chi connectivity index (χ3v) is 2.00. The second kappa shape index (κ2) is 3.45. The normalized spacial score (nSPS) is 10.1. The molecule has 0 fully saturated rings. The molecule has 0 saturated heterocycles. The monoisotopic (exact) mass is 202 g/mol. The van der Waals surface area contributed by atoms with Crippen LogP contribution in [0.15, 0.2) is 30.3 Å². The molecule has 15 heavy (non-hydrogen) atoms. The Bertz CT molecular complexity index is 499. The minimum Gasteiger partial charge on any atom is -0.508 e. The Labute approximate surface area is 86.4 Å². The molecule has 0 bridgehead atoms. The van der Waals surface area contributed by atoms with Gasteiger partial charge in [-0.3, -0.25) is 0 Å². The van der Waals surface area contributed by atoms with E-state index in [1.165, 1.54) is 0 Å². The van der Waals surface area contributed by atoms with Gasteiger partial charge in [0, 0.05) is 5.56 Å². The SMILES string of the molecule is Nc1cc(-c2cccc(O)c2)nnc1N. The first-order valence-electron chi connectivity index (χ1n) is 4.35. The number of rotatable bonds is 1. The van der Waals surface area contributed by atoms with Crippen LogP contribution in [-0.4, -0.2) is 15.3 Å². The van der Waals surface area contributed by atoms with Crippen LogP contribution in [0.3, 0.4) is 0 Å². The second-order valence-electron chi connectivity index (χ2n) is 3.12. The van der Waals surface area contributed by atoms with Crippen LogP contribution in [0.4, 0.5) is 11.5 Å². The highest BCUT2D eigenvalue weighted by Crippen LogP contribution is 2.23. The average Bonchev–Trinajstić information content (AvgIpc) is 2.22. The van der Waals surface area contributed by atoms with Gasteiger partial charge in [0.1, 0.15) is 5.75 Å². The fourth-order valence-electron chi connectivity index (χ4n) is 1.22. The Morgan fingerprint density at radius 2 is 1.87 bits per heavy atom. The van der Waals surface area contributed by atoms with Crippen molar-refractivity contribution >= 4 is 11.5 Å². The van der Waals surface area contributed by atoms with E-state index in [1.54, 1.807) is 30.3 Å². The molecule has 0 saturated carbocycles. The summed E-state index contributed by atoms with van der Waals surface area (Å²) in [7, 11) is 0. The summed E-state index contributed by atoms with van der Waals surface area (Å²) >= 11 is 0. The lowest BCUT2D eigenvalue weighted by Crippen LogP contribution is -2.00. The van der Waals surface area contributed by atoms with Crippen LogP contribution in [-0.2, 0) is 0 Å². The quantitative estimate of drug-likeness (QED) is 0.641. The Balaban J connectivity index is 2.50. The fourth-order valence-corrected chi connectivity index (χ4v) is 1.22. The first-order chi connectivity index (χ1) is 7.16. The van der Waals surface area contributed by atoms with E-state index in [-0.39, 0.29) is 11.6 Å². The number of phenols is 1. The number of nitrogens with zero attached hydrogens (tertiary/aromatic N) is 2.